The summed E-state index contributed by atoms with van der Waals surface area (Å²) in [5.41, 5.74) is 0.232. The van der Waals surface area contributed by atoms with Gasteiger partial charge in [-0.05, 0) is 12.5 Å². The van der Waals surface area contributed by atoms with E-state index in [1.807, 2.05) is 0 Å². The number of hydrogen-bond donors (Lipinski definition) is 0. The minimum absolute atomic E-state index is 0.120. The molecule has 8 nitrogen and oxygen atoms in total. The molecule has 0 unspecified atom stereocenters. The van der Waals surface area contributed by atoms with E-state index in [1.165, 1.54) is 30.2 Å². The number of ether oxygens (including phenoxy) is 2. The molecule has 1 aromatic rings. The van der Waals surface area contributed by atoms with E-state index in [1.54, 1.807) is 0 Å². The van der Waals surface area contributed by atoms with Gasteiger partial charge in [-0.25, -0.2) is 0 Å². The van der Waals surface area contributed by atoms with Crippen LogP contribution in [0, 0.1) is 10.1 Å². The lowest BCUT2D eigenvalue weighted by Crippen LogP contribution is -2.39. The summed E-state index contributed by atoms with van der Waals surface area (Å²) in [5.74, 6) is -0.249. The lowest BCUT2D eigenvalue weighted by Gasteiger charge is -2.29. The van der Waals surface area contributed by atoms with E-state index < -0.39 is 4.92 Å². The van der Waals surface area contributed by atoms with Gasteiger partial charge in [0.05, 0.1) is 17.7 Å². The fourth-order valence-corrected chi connectivity index (χ4v) is 2.03. The van der Waals surface area contributed by atoms with Crippen molar-refractivity contribution in [3.05, 3.63) is 28.3 Å². The van der Waals surface area contributed by atoms with Crippen LogP contribution in [0.1, 0.15) is 12.8 Å². The molecule has 0 atom stereocenters. The fourth-order valence-electron chi connectivity index (χ4n) is 2.03. The Labute approximate surface area is 120 Å². The summed E-state index contributed by atoms with van der Waals surface area (Å²) in [4.78, 5) is 34.7. The van der Waals surface area contributed by atoms with Crippen molar-refractivity contribution < 1.29 is 24.0 Å². The first-order valence-corrected chi connectivity index (χ1v) is 6.31. The lowest BCUT2D eigenvalue weighted by atomic mass is 10.2. The van der Waals surface area contributed by atoms with Gasteiger partial charge in [-0.2, -0.15) is 0 Å². The number of anilines is 1. The number of carbonyl (C=O) groups is 2. The molecule has 0 aliphatic carbocycles. The highest BCUT2D eigenvalue weighted by Gasteiger charge is 2.27. The Kier molecular flexibility index (Phi) is 4.36. The molecule has 8 heteroatoms. The molecule has 0 fully saturated rings. The van der Waals surface area contributed by atoms with Crippen molar-refractivity contribution >= 4 is 23.3 Å². The van der Waals surface area contributed by atoms with Gasteiger partial charge in [-0.3, -0.25) is 19.7 Å². The maximum absolute atomic E-state index is 11.9. The summed E-state index contributed by atoms with van der Waals surface area (Å²) < 4.78 is 9.77. The molecule has 1 heterocycles. The van der Waals surface area contributed by atoms with Crippen LogP contribution in [0.15, 0.2) is 18.2 Å². The second-order valence-electron chi connectivity index (χ2n) is 4.42. The molecular formula is C13H14N2O6. The SMILES string of the molecule is COC(=O)CCCN1C(=O)COc2ccc([N+](=O)[O-])cc21. The molecule has 0 spiro atoms. The topological polar surface area (TPSA) is 99.0 Å². The van der Waals surface area contributed by atoms with Crippen molar-refractivity contribution in [3.8, 4) is 5.75 Å². The van der Waals surface area contributed by atoms with Crippen molar-refractivity contribution in [2.24, 2.45) is 0 Å². The second-order valence-corrected chi connectivity index (χ2v) is 4.42. The summed E-state index contributed by atoms with van der Waals surface area (Å²) in [5, 5.41) is 10.8. The zero-order valence-corrected chi connectivity index (χ0v) is 11.4. The van der Waals surface area contributed by atoms with Crippen LogP contribution in [-0.2, 0) is 14.3 Å². The van der Waals surface area contributed by atoms with Crippen molar-refractivity contribution in [2.45, 2.75) is 12.8 Å². The normalized spacial score (nSPS) is 13.4. The molecule has 0 bridgehead atoms. The number of carbonyl (C=O) groups excluding carboxylic acids is 2. The van der Waals surface area contributed by atoms with Gasteiger partial charge >= 0.3 is 5.97 Å². The maximum atomic E-state index is 11.9. The van der Waals surface area contributed by atoms with E-state index >= 15 is 0 Å². The van der Waals surface area contributed by atoms with Gasteiger partial charge in [0.25, 0.3) is 11.6 Å². The smallest absolute Gasteiger partial charge is 0.305 e. The Balaban J connectivity index is 2.18. The molecule has 0 aromatic heterocycles. The van der Waals surface area contributed by atoms with Crippen LogP contribution in [0.5, 0.6) is 5.75 Å². The quantitative estimate of drug-likeness (QED) is 0.460. The zero-order chi connectivity index (χ0) is 15.4. The van der Waals surface area contributed by atoms with Gasteiger partial charge in [0, 0.05) is 25.1 Å². The van der Waals surface area contributed by atoms with Gasteiger partial charge in [0.2, 0.25) is 0 Å². The third kappa shape index (κ3) is 3.28. The molecule has 1 aliphatic rings. The summed E-state index contributed by atoms with van der Waals surface area (Å²) in [6.45, 7) is 0.147. The average molecular weight is 294 g/mol. The minimum atomic E-state index is -0.536. The molecule has 0 saturated carbocycles. The number of methoxy groups -OCH3 is 1. The predicted octanol–water partition coefficient (Wildman–Crippen LogP) is 1.27. The standard InChI is InChI=1S/C13H14N2O6/c1-20-13(17)3-2-6-14-10-7-9(15(18)19)4-5-11(10)21-8-12(14)16/h4-5,7H,2-3,6,8H2,1H3. The van der Waals surface area contributed by atoms with Gasteiger partial charge < -0.3 is 14.4 Å². The molecule has 1 aliphatic heterocycles. The largest absolute Gasteiger partial charge is 0.482 e. The average Bonchev–Trinajstić information content (AvgIpc) is 2.48. The van der Waals surface area contributed by atoms with Gasteiger partial charge in [-0.1, -0.05) is 0 Å². The third-order valence-electron chi connectivity index (χ3n) is 3.09. The molecule has 112 valence electrons. The molecule has 1 aromatic carbocycles. The first kappa shape index (κ1) is 14.8. The summed E-state index contributed by atoms with van der Waals surface area (Å²) in [6.07, 6.45) is 0.575. The van der Waals surface area contributed by atoms with Gasteiger partial charge in [0.1, 0.15) is 5.75 Å². The van der Waals surface area contributed by atoms with E-state index in [9.17, 15) is 19.7 Å². The van der Waals surface area contributed by atoms with Gasteiger partial charge in [-0.15, -0.1) is 0 Å². The van der Waals surface area contributed by atoms with E-state index in [0.717, 1.165) is 0 Å². The highest BCUT2D eigenvalue weighted by molar-refractivity contribution is 5.98. The molecule has 0 radical (unpaired) electrons. The Morgan fingerprint density at radius 1 is 1.52 bits per heavy atom. The van der Waals surface area contributed by atoms with E-state index in [2.05, 4.69) is 4.74 Å². The van der Waals surface area contributed by atoms with Crippen LogP contribution in [0.3, 0.4) is 0 Å². The van der Waals surface area contributed by atoms with Crippen LogP contribution in [0.2, 0.25) is 0 Å². The first-order chi connectivity index (χ1) is 10.0. The monoisotopic (exact) mass is 294 g/mol. The van der Waals surface area contributed by atoms with Gasteiger partial charge in [0.15, 0.2) is 6.61 Å². The highest BCUT2D eigenvalue weighted by atomic mass is 16.6. The zero-order valence-electron chi connectivity index (χ0n) is 11.4. The third-order valence-corrected chi connectivity index (χ3v) is 3.09. The van der Waals surface area contributed by atoms with Crippen LogP contribution >= 0.6 is 0 Å². The molecule has 2 rings (SSSR count). The number of benzene rings is 1. The summed E-state index contributed by atoms with van der Waals surface area (Å²) in [7, 11) is 1.29. The number of nitrogens with zero attached hydrogens (tertiary/aromatic N) is 2. The van der Waals surface area contributed by atoms with Crippen LogP contribution in [0.25, 0.3) is 0 Å². The van der Waals surface area contributed by atoms with Crippen molar-refractivity contribution in [1.29, 1.82) is 0 Å². The number of fused-ring (bicyclic) bond motifs is 1. The Bertz CT molecular complexity index is 586. The number of esters is 1. The fraction of sp³-hybridized carbons (Fsp3) is 0.385. The summed E-state index contributed by atoms with van der Waals surface area (Å²) in [6, 6.07) is 4.08. The number of nitro groups is 1. The van der Waals surface area contributed by atoms with Crippen molar-refractivity contribution in [3.63, 3.8) is 0 Å². The number of rotatable bonds is 5. The first-order valence-electron chi connectivity index (χ1n) is 6.31. The molecule has 21 heavy (non-hydrogen) atoms. The summed E-state index contributed by atoms with van der Waals surface area (Å²) >= 11 is 0. The maximum Gasteiger partial charge on any atom is 0.305 e. The van der Waals surface area contributed by atoms with Crippen LogP contribution < -0.4 is 9.64 Å². The molecule has 0 N–H and O–H groups in total. The number of amides is 1. The predicted molar refractivity (Wildman–Crippen MR) is 72.2 cm³/mol. The second kappa shape index (κ2) is 6.21. The lowest BCUT2D eigenvalue weighted by molar-refractivity contribution is -0.384. The Morgan fingerprint density at radius 2 is 2.29 bits per heavy atom. The number of hydrogen-bond acceptors (Lipinski definition) is 6. The van der Waals surface area contributed by atoms with E-state index in [4.69, 9.17) is 4.74 Å². The number of non-ortho nitro benzene ring substituents is 1. The van der Waals surface area contributed by atoms with E-state index in [0.29, 0.717) is 17.9 Å². The Morgan fingerprint density at radius 3 is 2.95 bits per heavy atom. The van der Waals surface area contributed by atoms with Crippen molar-refractivity contribution in [2.75, 3.05) is 25.2 Å². The molecular weight excluding hydrogens is 280 g/mol. The minimum Gasteiger partial charge on any atom is -0.482 e. The highest BCUT2D eigenvalue weighted by Crippen LogP contribution is 2.35. The van der Waals surface area contributed by atoms with Crippen LogP contribution in [-0.4, -0.2) is 37.1 Å². The number of nitro benzene ring substituents is 1. The van der Waals surface area contributed by atoms with E-state index in [-0.39, 0.29) is 37.1 Å². The van der Waals surface area contributed by atoms with Crippen molar-refractivity contribution in [1.82, 2.24) is 0 Å². The molecule has 0 saturated heterocycles. The Hall–Kier alpha value is -2.64. The van der Waals surface area contributed by atoms with Crippen LogP contribution in [0.4, 0.5) is 11.4 Å². The molecule has 1 amide bonds.